The average molecular weight is 253 g/mol. The van der Waals surface area contributed by atoms with Gasteiger partial charge in [0.25, 0.3) is 0 Å². The van der Waals surface area contributed by atoms with Crippen LogP contribution in [0.15, 0.2) is 0 Å². The topological polar surface area (TPSA) is 27.7 Å². The normalized spacial score (nSPS) is 35.3. The molecule has 18 heavy (non-hydrogen) atoms. The molecule has 1 unspecified atom stereocenters. The molecule has 0 spiro atoms. The largest absolute Gasteiger partial charge is 0.380 e. The molecule has 3 saturated heterocycles. The van der Waals surface area contributed by atoms with Crippen LogP contribution in [0.1, 0.15) is 12.8 Å². The van der Waals surface area contributed by atoms with E-state index in [-0.39, 0.29) is 0 Å². The molecule has 0 aromatic heterocycles. The van der Waals surface area contributed by atoms with E-state index in [0.717, 1.165) is 32.2 Å². The molecule has 0 bridgehead atoms. The first-order valence-corrected chi connectivity index (χ1v) is 7.39. The Bertz CT molecular complexity index is 285. The van der Waals surface area contributed by atoms with E-state index in [1.54, 1.807) is 0 Å². The van der Waals surface area contributed by atoms with Crippen molar-refractivity contribution in [2.24, 2.45) is 11.3 Å². The third-order valence-electron chi connectivity index (χ3n) is 5.45. The van der Waals surface area contributed by atoms with Gasteiger partial charge >= 0.3 is 0 Å². The zero-order valence-electron chi connectivity index (χ0n) is 11.8. The summed E-state index contributed by atoms with van der Waals surface area (Å²) in [5.41, 5.74) is 0.434. The average Bonchev–Trinajstić information content (AvgIpc) is 2.32. The maximum Gasteiger partial charge on any atom is 0.0563 e. The molecule has 1 N–H and O–H groups in total. The molecule has 3 aliphatic rings. The summed E-state index contributed by atoms with van der Waals surface area (Å²) in [6.07, 6.45) is 2.70. The molecule has 0 aliphatic carbocycles. The number of hydrogen-bond acceptors (Lipinski definition) is 4. The number of likely N-dealkylation sites (N-methyl/N-ethyl adjacent to an activating group) is 1. The van der Waals surface area contributed by atoms with Crippen molar-refractivity contribution in [1.82, 2.24) is 15.1 Å². The number of hydrogen-bond donors (Lipinski definition) is 1. The number of nitrogens with zero attached hydrogens (tertiary/aromatic N) is 2. The summed E-state index contributed by atoms with van der Waals surface area (Å²) in [7, 11) is 4.54. The Morgan fingerprint density at radius 1 is 1.11 bits per heavy atom. The summed E-state index contributed by atoms with van der Waals surface area (Å²) in [5.74, 6) is 0.856. The van der Waals surface area contributed by atoms with Crippen LogP contribution in [0.3, 0.4) is 0 Å². The van der Waals surface area contributed by atoms with E-state index in [2.05, 4.69) is 29.2 Å². The summed E-state index contributed by atoms with van der Waals surface area (Å²) in [5, 5.41) is 3.58. The van der Waals surface area contributed by atoms with Crippen LogP contribution in [0.2, 0.25) is 0 Å². The number of rotatable bonds is 2. The zero-order chi connectivity index (χ0) is 12.6. The molecule has 4 heteroatoms. The smallest absolute Gasteiger partial charge is 0.0563 e. The van der Waals surface area contributed by atoms with Crippen LogP contribution in [0, 0.1) is 11.3 Å². The quantitative estimate of drug-likeness (QED) is 0.763. The second-order valence-electron chi connectivity index (χ2n) is 6.50. The van der Waals surface area contributed by atoms with Crippen LogP contribution >= 0.6 is 0 Å². The minimum atomic E-state index is 0.434. The molecule has 0 saturated carbocycles. The van der Waals surface area contributed by atoms with Gasteiger partial charge in [0.1, 0.15) is 0 Å². The van der Waals surface area contributed by atoms with Gasteiger partial charge in [0.05, 0.1) is 13.2 Å². The van der Waals surface area contributed by atoms with E-state index in [4.69, 9.17) is 4.74 Å². The standard InChI is InChI=1S/C14H27N3O/c1-16-6-3-12(4-7-16)14(10-18-11-14)13-9-15-5-8-17(13)2/h12-13,15H,3-11H2,1-2H3. The van der Waals surface area contributed by atoms with Gasteiger partial charge in [-0.3, -0.25) is 0 Å². The van der Waals surface area contributed by atoms with Gasteiger partial charge in [-0.05, 0) is 45.9 Å². The van der Waals surface area contributed by atoms with Crippen molar-refractivity contribution >= 4 is 0 Å². The molecule has 0 amide bonds. The van der Waals surface area contributed by atoms with Crippen molar-refractivity contribution in [3.8, 4) is 0 Å². The molecular formula is C14H27N3O. The van der Waals surface area contributed by atoms with E-state index < -0.39 is 0 Å². The van der Waals surface area contributed by atoms with Gasteiger partial charge in [-0.25, -0.2) is 0 Å². The van der Waals surface area contributed by atoms with E-state index in [9.17, 15) is 0 Å². The van der Waals surface area contributed by atoms with Gasteiger partial charge in [0, 0.05) is 31.1 Å². The molecule has 104 valence electrons. The number of nitrogens with one attached hydrogen (secondary N) is 1. The van der Waals surface area contributed by atoms with Crippen molar-refractivity contribution < 1.29 is 4.74 Å². The third-order valence-corrected chi connectivity index (χ3v) is 5.45. The summed E-state index contributed by atoms with van der Waals surface area (Å²) in [6, 6.07) is 0.674. The fourth-order valence-electron chi connectivity index (χ4n) is 4.07. The number of piperidine rings is 1. The van der Waals surface area contributed by atoms with Gasteiger partial charge in [0.2, 0.25) is 0 Å². The highest BCUT2D eigenvalue weighted by Gasteiger charge is 2.53. The molecule has 0 aromatic carbocycles. The lowest BCUT2D eigenvalue weighted by Crippen LogP contribution is -2.67. The number of likely N-dealkylation sites (tertiary alicyclic amines) is 1. The molecule has 0 aromatic rings. The Morgan fingerprint density at radius 3 is 2.39 bits per heavy atom. The maximum absolute atomic E-state index is 5.65. The highest BCUT2D eigenvalue weighted by molar-refractivity contribution is 5.04. The van der Waals surface area contributed by atoms with Gasteiger partial charge in [-0.1, -0.05) is 0 Å². The predicted molar refractivity (Wildman–Crippen MR) is 72.8 cm³/mol. The number of ether oxygens (including phenoxy) is 1. The molecule has 3 fully saturated rings. The minimum absolute atomic E-state index is 0.434. The summed E-state index contributed by atoms with van der Waals surface area (Å²) < 4.78 is 5.65. The first-order chi connectivity index (χ1) is 8.72. The minimum Gasteiger partial charge on any atom is -0.380 e. The third kappa shape index (κ3) is 2.09. The molecule has 3 rings (SSSR count). The fraction of sp³-hybridized carbons (Fsp3) is 1.00. The van der Waals surface area contributed by atoms with Crippen molar-refractivity contribution in [3.05, 3.63) is 0 Å². The molecule has 3 aliphatic heterocycles. The van der Waals surface area contributed by atoms with Gasteiger partial charge in [-0.15, -0.1) is 0 Å². The van der Waals surface area contributed by atoms with Crippen molar-refractivity contribution in [1.29, 1.82) is 0 Å². The zero-order valence-corrected chi connectivity index (χ0v) is 11.8. The van der Waals surface area contributed by atoms with Crippen LogP contribution in [-0.4, -0.2) is 75.9 Å². The van der Waals surface area contributed by atoms with Crippen LogP contribution in [0.5, 0.6) is 0 Å². The molecular weight excluding hydrogens is 226 g/mol. The van der Waals surface area contributed by atoms with Crippen molar-refractivity contribution in [2.45, 2.75) is 18.9 Å². The van der Waals surface area contributed by atoms with Crippen molar-refractivity contribution in [2.75, 3.05) is 60.0 Å². The SMILES string of the molecule is CN1CCC(C2(C3CNCCN3C)COC2)CC1. The van der Waals surface area contributed by atoms with Crippen LogP contribution < -0.4 is 5.32 Å². The van der Waals surface area contributed by atoms with Gasteiger partial charge < -0.3 is 19.9 Å². The second-order valence-corrected chi connectivity index (χ2v) is 6.50. The summed E-state index contributed by atoms with van der Waals surface area (Å²) >= 11 is 0. The Morgan fingerprint density at radius 2 is 1.83 bits per heavy atom. The summed E-state index contributed by atoms with van der Waals surface area (Å²) in [4.78, 5) is 5.03. The Hall–Kier alpha value is -0.160. The van der Waals surface area contributed by atoms with Gasteiger partial charge in [-0.2, -0.15) is 0 Å². The van der Waals surface area contributed by atoms with Gasteiger partial charge in [0.15, 0.2) is 0 Å². The first-order valence-electron chi connectivity index (χ1n) is 7.39. The monoisotopic (exact) mass is 253 g/mol. The lowest BCUT2D eigenvalue weighted by atomic mass is 9.64. The van der Waals surface area contributed by atoms with Crippen LogP contribution in [0.4, 0.5) is 0 Å². The fourth-order valence-corrected chi connectivity index (χ4v) is 4.07. The van der Waals surface area contributed by atoms with E-state index >= 15 is 0 Å². The molecule has 0 radical (unpaired) electrons. The van der Waals surface area contributed by atoms with E-state index in [0.29, 0.717) is 11.5 Å². The lowest BCUT2D eigenvalue weighted by molar-refractivity contribution is -0.192. The highest BCUT2D eigenvalue weighted by Crippen LogP contribution is 2.45. The molecule has 4 nitrogen and oxygen atoms in total. The summed E-state index contributed by atoms with van der Waals surface area (Å²) in [6.45, 7) is 7.95. The van der Waals surface area contributed by atoms with Crippen molar-refractivity contribution in [3.63, 3.8) is 0 Å². The van der Waals surface area contributed by atoms with Crippen LogP contribution in [0.25, 0.3) is 0 Å². The second kappa shape index (κ2) is 5.08. The predicted octanol–water partition coefficient (Wildman–Crippen LogP) is 0.248. The first kappa shape index (κ1) is 12.9. The Balaban J connectivity index is 1.72. The Kier molecular flexibility index (Phi) is 3.63. The molecule has 3 heterocycles. The van der Waals surface area contributed by atoms with E-state index in [1.807, 2.05) is 0 Å². The molecule has 1 atom stereocenters. The van der Waals surface area contributed by atoms with Crippen LogP contribution in [-0.2, 0) is 4.74 Å². The maximum atomic E-state index is 5.65. The van der Waals surface area contributed by atoms with E-state index in [1.165, 1.54) is 32.5 Å². The number of piperazine rings is 1. The highest BCUT2D eigenvalue weighted by atomic mass is 16.5. The Labute approximate surface area is 111 Å². The lowest BCUT2D eigenvalue weighted by Gasteiger charge is -2.57.